The summed E-state index contributed by atoms with van der Waals surface area (Å²) in [6, 6.07) is 6.64. The molecule has 0 atom stereocenters. The number of benzene rings is 1. The molecule has 2 aromatic rings. The molecule has 90 valence electrons. The van der Waals surface area contributed by atoms with E-state index in [4.69, 9.17) is 11.7 Å². The van der Waals surface area contributed by atoms with Gasteiger partial charge in [0.25, 0.3) is 5.69 Å². The van der Waals surface area contributed by atoms with Crippen molar-refractivity contribution in [2.45, 2.75) is 5.03 Å². The van der Waals surface area contributed by atoms with Crippen LogP contribution in [-0.4, -0.2) is 27.8 Å². The van der Waals surface area contributed by atoms with Crippen LogP contribution in [0.25, 0.3) is 4.85 Å². The zero-order valence-corrected chi connectivity index (χ0v) is 10.4. The van der Waals surface area contributed by atoms with Gasteiger partial charge in [0.15, 0.2) is 5.82 Å². The van der Waals surface area contributed by atoms with Crippen LogP contribution in [0, 0.1) is 6.57 Å². The zero-order valence-electron chi connectivity index (χ0n) is 9.58. The summed E-state index contributed by atoms with van der Waals surface area (Å²) in [4.78, 5) is 7.60. The summed E-state index contributed by atoms with van der Waals surface area (Å²) >= 11 is 1.40. The summed E-state index contributed by atoms with van der Waals surface area (Å²) in [6.45, 7) is 7.10. The van der Waals surface area contributed by atoms with E-state index in [0.29, 0.717) is 16.5 Å². The molecule has 0 aliphatic rings. The van der Waals surface area contributed by atoms with Crippen molar-refractivity contribution in [2.75, 3.05) is 6.26 Å². The number of H-pyrrole nitrogens is 1. The topological polar surface area (TPSA) is 65.6 Å². The van der Waals surface area contributed by atoms with Gasteiger partial charge in [-0.1, -0.05) is 0 Å². The van der Waals surface area contributed by atoms with Crippen LogP contribution in [0.4, 0.5) is 11.5 Å². The number of phenols is 1. The second-order valence-corrected chi connectivity index (χ2v) is 4.19. The smallest absolute Gasteiger partial charge is 0.263 e. The SMILES string of the molecule is [C-]#[N+]c1c(SC)n[nH]c1N=Cc1ccc(O)cc1. The minimum atomic E-state index is 0.209. The quantitative estimate of drug-likeness (QED) is 0.505. The predicted molar refractivity (Wildman–Crippen MR) is 72.0 cm³/mol. The van der Waals surface area contributed by atoms with Gasteiger partial charge in [-0.05, 0) is 36.1 Å². The standard InChI is InChI=1S/C12H10N4OS/c1-13-10-11(15-16-12(10)18-2)14-7-8-3-5-9(17)6-4-8/h3-7,17H,2H3,(H,15,16). The Morgan fingerprint density at radius 2 is 2.17 bits per heavy atom. The third kappa shape index (κ3) is 2.52. The summed E-state index contributed by atoms with van der Waals surface area (Å²) in [5.41, 5.74) is 1.27. The van der Waals surface area contributed by atoms with E-state index in [2.05, 4.69) is 20.0 Å². The lowest BCUT2D eigenvalue weighted by molar-refractivity contribution is 0.475. The molecule has 0 spiro atoms. The number of aliphatic imine (C=N–C) groups is 1. The second-order valence-electron chi connectivity index (χ2n) is 3.39. The molecule has 1 aromatic heterocycles. The average Bonchev–Trinajstić information content (AvgIpc) is 2.80. The van der Waals surface area contributed by atoms with Gasteiger partial charge >= 0.3 is 0 Å². The van der Waals surface area contributed by atoms with E-state index in [0.717, 1.165) is 5.56 Å². The summed E-state index contributed by atoms with van der Waals surface area (Å²) in [5, 5.41) is 16.5. The lowest BCUT2D eigenvalue weighted by Gasteiger charge is -1.93. The molecule has 1 aromatic carbocycles. The predicted octanol–water partition coefficient (Wildman–Crippen LogP) is 3.14. The summed E-state index contributed by atoms with van der Waals surface area (Å²) in [5.74, 6) is 0.655. The van der Waals surface area contributed by atoms with Gasteiger partial charge in [0.1, 0.15) is 10.8 Å². The number of aromatic amines is 1. The van der Waals surface area contributed by atoms with Gasteiger partial charge in [-0.2, -0.15) is 5.10 Å². The van der Waals surface area contributed by atoms with Crippen LogP contribution in [0.2, 0.25) is 0 Å². The van der Waals surface area contributed by atoms with Crippen molar-refractivity contribution in [1.82, 2.24) is 10.2 Å². The van der Waals surface area contributed by atoms with E-state index in [9.17, 15) is 0 Å². The van der Waals surface area contributed by atoms with Crippen LogP contribution in [-0.2, 0) is 0 Å². The first kappa shape index (κ1) is 12.2. The highest BCUT2D eigenvalue weighted by molar-refractivity contribution is 7.98. The maximum Gasteiger partial charge on any atom is 0.263 e. The first-order valence-electron chi connectivity index (χ1n) is 5.07. The van der Waals surface area contributed by atoms with Gasteiger partial charge in [0, 0.05) is 6.21 Å². The normalized spacial score (nSPS) is 10.7. The highest BCUT2D eigenvalue weighted by Crippen LogP contribution is 2.34. The van der Waals surface area contributed by atoms with E-state index in [1.165, 1.54) is 11.8 Å². The lowest BCUT2D eigenvalue weighted by Crippen LogP contribution is -1.78. The number of thioether (sulfide) groups is 1. The Kier molecular flexibility index (Phi) is 3.65. The van der Waals surface area contributed by atoms with Gasteiger partial charge in [-0.3, -0.25) is 5.10 Å². The van der Waals surface area contributed by atoms with E-state index < -0.39 is 0 Å². The molecule has 2 rings (SSSR count). The molecule has 2 N–H and O–H groups in total. The molecule has 0 amide bonds. The Bertz CT molecular complexity index is 610. The molecule has 0 aliphatic heterocycles. The van der Waals surface area contributed by atoms with Crippen LogP contribution in [0.15, 0.2) is 34.3 Å². The minimum Gasteiger partial charge on any atom is -0.508 e. The molecule has 5 nitrogen and oxygen atoms in total. The third-order valence-electron chi connectivity index (χ3n) is 2.23. The number of hydrogen-bond donors (Lipinski definition) is 2. The van der Waals surface area contributed by atoms with Crippen molar-refractivity contribution in [3.8, 4) is 5.75 Å². The molecule has 6 heteroatoms. The fraction of sp³-hybridized carbons (Fsp3) is 0.0833. The molecular formula is C12H10N4OS. The Balaban J connectivity index is 2.26. The van der Waals surface area contributed by atoms with Crippen LogP contribution in [0.3, 0.4) is 0 Å². The fourth-order valence-electron chi connectivity index (χ4n) is 1.34. The lowest BCUT2D eigenvalue weighted by atomic mass is 10.2. The first-order chi connectivity index (χ1) is 8.74. The molecule has 0 aliphatic carbocycles. The van der Waals surface area contributed by atoms with Crippen molar-refractivity contribution in [3.05, 3.63) is 41.2 Å². The zero-order chi connectivity index (χ0) is 13.0. The Labute approximate surface area is 108 Å². The molecule has 0 saturated heterocycles. The third-order valence-corrected chi connectivity index (χ3v) is 2.90. The molecule has 18 heavy (non-hydrogen) atoms. The molecule has 0 unspecified atom stereocenters. The van der Waals surface area contributed by atoms with Crippen molar-refractivity contribution in [2.24, 2.45) is 4.99 Å². The molecule has 0 saturated carbocycles. The highest BCUT2D eigenvalue weighted by atomic mass is 32.2. The average molecular weight is 258 g/mol. The summed E-state index contributed by atoms with van der Waals surface area (Å²) in [6.07, 6.45) is 3.48. The van der Waals surface area contributed by atoms with E-state index >= 15 is 0 Å². The molecular weight excluding hydrogens is 248 g/mol. The number of aromatic hydroxyl groups is 1. The maximum atomic E-state index is 9.16. The second kappa shape index (κ2) is 5.38. The Hall–Kier alpha value is -2.26. The van der Waals surface area contributed by atoms with Crippen molar-refractivity contribution < 1.29 is 5.11 Å². The molecule has 1 heterocycles. The van der Waals surface area contributed by atoms with Crippen LogP contribution in [0.5, 0.6) is 5.75 Å². The largest absolute Gasteiger partial charge is 0.508 e. The first-order valence-corrected chi connectivity index (χ1v) is 6.30. The van der Waals surface area contributed by atoms with Crippen molar-refractivity contribution in [1.29, 1.82) is 0 Å². The molecule has 0 radical (unpaired) electrons. The number of nitrogens with zero attached hydrogens (tertiary/aromatic N) is 3. The number of rotatable bonds is 3. The minimum absolute atomic E-state index is 0.209. The number of hydrogen-bond acceptors (Lipinski definition) is 4. The number of nitrogens with one attached hydrogen (secondary N) is 1. The van der Waals surface area contributed by atoms with Crippen LogP contribution >= 0.6 is 11.8 Å². The van der Waals surface area contributed by atoms with Gasteiger partial charge in [-0.25, -0.2) is 9.84 Å². The molecule has 0 fully saturated rings. The van der Waals surface area contributed by atoms with Crippen LogP contribution < -0.4 is 0 Å². The monoisotopic (exact) mass is 258 g/mol. The van der Waals surface area contributed by atoms with Gasteiger partial charge < -0.3 is 5.11 Å². The van der Waals surface area contributed by atoms with Crippen molar-refractivity contribution in [3.63, 3.8) is 0 Å². The van der Waals surface area contributed by atoms with E-state index in [1.54, 1.807) is 30.5 Å². The maximum absolute atomic E-state index is 9.16. The van der Waals surface area contributed by atoms with Gasteiger partial charge in [-0.15, -0.1) is 11.8 Å². The Morgan fingerprint density at radius 3 is 2.78 bits per heavy atom. The highest BCUT2D eigenvalue weighted by Gasteiger charge is 2.10. The fourth-order valence-corrected chi connectivity index (χ4v) is 1.82. The molecule has 0 bridgehead atoms. The van der Waals surface area contributed by atoms with Crippen LogP contribution in [0.1, 0.15) is 5.56 Å². The number of aromatic nitrogens is 2. The van der Waals surface area contributed by atoms with Crippen molar-refractivity contribution >= 4 is 29.5 Å². The van der Waals surface area contributed by atoms with Gasteiger partial charge in [0.2, 0.25) is 0 Å². The summed E-state index contributed by atoms with van der Waals surface area (Å²) in [7, 11) is 0. The van der Waals surface area contributed by atoms with E-state index in [1.807, 2.05) is 6.26 Å². The van der Waals surface area contributed by atoms with E-state index in [-0.39, 0.29) is 5.75 Å². The Morgan fingerprint density at radius 1 is 1.44 bits per heavy atom. The van der Waals surface area contributed by atoms with Gasteiger partial charge in [0.05, 0.1) is 6.57 Å². The summed E-state index contributed by atoms with van der Waals surface area (Å²) < 4.78 is 0. The number of phenolic OH excluding ortho intramolecular Hbond substituents is 1.